The molecule has 3 aromatic carbocycles. The fraction of sp³-hybridized carbons (Fsp3) is 0.0870. The molecule has 0 saturated carbocycles. The van der Waals surface area contributed by atoms with Crippen molar-refractivity contribution in [2.24, 2.45) is 12.1 Å². The number of hydrazone groups is 1. The van der Waals surface area contributed by atoms with E-state index in [0.29, 0.717) is 12.0 Å². The maximum absolute atomic E-state index is 12.4. The number of para-hydroxylation sites is 2. The number of rotatable bonds is 5. The van der Waals surface area contributed by atoms with Gasteiger partial charge in [-0.2, -0.15) is 5.10 Å². The molecule has 0 spiro atoms. The number of hydrogen-bond acceptors (Lipinski definition) is 3. The topological polar surface area (TPSA) is 59.3 Å². The van der Waals surface area contributed by atoms with Gasteiger partial charge in [0.1, 0.15) is 5.82 Å². The lowest BCUT2D eigenvalue weighted by Crippen LogP contribution is -2.21. The summed E-state index contributed by atoms with van der Waals surface area (Å²) >= 11 is 0. The Morgan fingerprint density at radius 1 is 0.893 bits per heavy atom. The second-order valence-electron chi connectivity index (χ2n) is 6.48. The largest absolute Gasteiger partial charge is 0.331 e. The summed E-state index contributed by atoms with van der Waals surface area (Å²) in [5.41, 5.74) is 6.97. The van der Waals surface area contributed by atoms with E-state index in [-0.39, 0.29) is 5.91 Å². The molecule has 138 valence electrons. The summed E-state index contributed by atoms with van der Waals surface area (Å²) in [6.07, 6.45) is 0.504. The van der Waals surface area contributed by atoms with Gasteiger partial charge in [0.05, 0.1) is 23.2 Å². The van der Waals surface area contributed by atoms with Crippen molar-refractivity contribution in [3.63, 3.8) is 0 Å². The number of nitrogens with one attached hydrogen (secondary N) is 1. The molecule has 0 unspecified atom stereocenters. The quantitative estimate of drug-likeness (QED) is 0.428. The highest BCUT2D eigenvalue weighted by atomic mass is 16.2. The van der Waals surface area contributed by atoms with Crippen LogP contribution in [0, 0.1) is 0 Å². The van der Waals surface area contributed by atoms with Crippen LogP contribution in [0.25, 0.3) is 11.0 Å². The Bertz CT molecular complexity index is 1130. The lowest BCUT2D eigenvalue weighted by Gasteiger charge is -2.08. The third-order valence-corrected chi connectivity index (χ3v) is 4.64. The first-order valence-electron chi connectivity index (χ1n) is 9.10. The fourth-order valence-electron chi connectivity index (χ4n) is 3.11. The van der Waals surface area contributed by atoms with Gasteiger partial charge in [-0.3, -0.25) is 4.79 Å². The van der Waals surface area contributed by atoms with Crippen LogP contribution >= 0.6 is 0 Å². The summed E-state index contributed by atoms with van der Waals surface area (Å²) in [7, 11) is 2.00. The monoisotopic (exact) mass is 368 g/mol. The second kappa shape index (κ2) is 7.88. The van der Waals surface area contributed by atoms with Gasteiger partial charge in [0.2, 0.25) is 0 Å². The molecule has 0 aliphatic rings. The molecular weight excluding hydrogens is 348 g/mol. The van der Waals surface area contributed by atoms with Crippen molar-refractivity contribution in [3.05, 3.63) is 102 Å². The van der Waals surface area contributed by atoms with Gasteiger partial charge in [-0.15, -0.1) is 0 Å². The van der Waals surface area contributed by atoms with Crippen LogP contribution in [0.1, 0.15) is 21.7 Å². The number of amides is 1. The SMILES string of the molecule is Cn1c(C/C(=N\NC(=O)c2ccccc2)c2ccccc2)nc2ccccc21. The van der Waals surface area contributed by atoms with Crippen LogP contribution in [0.4, 0.5) is 0 Å². The predicted molar refractivity (Wildman–Crippen MR) is 111 cm³/mol. The number of aromatic nitrogens is 2. The van der Waals surface area contributed by atoms with Gasteiger partial charge in [-0.25, -0.2) is 10.4 Å². The van der Waals surface area contributed by atoms with E-state index in [2.05, 4.69) is 15.1 Å². The van der Waals surface area contributed by atoms with Crippen molar-refractivity contribution in [2.75, 3.05) is 0 Å². The molecule has 28 heavy (non-hydrogen) atoms. The maximum Gasteiger partial charge on any atom is 0.271 e. The Morgan fingerprint density at radius 2 is 1.50 bits per heavy atom. The van der Waals surface area contributed by atoms with Crippen LogP contribution < -0.4 is 5.43 Å². The number of hydrogen-bond donors (Lipinski definition) is 1. The molecule has 0 aliphatic heterocycles. The second-order valence-corrected chi connectivity index (χ2v) is 6.48. The average molecular weight is 368 g/mol. The first-order valence-corrected chi connectivity index (χ1v) is 9.10. The van der Waals surface area contributed by atoms with Crippen molar-refractivity contribution in [2.45, 2.75) is 6.42 Å². The van der Waals surface area contributed by atoms with Crippen molar-refractivity contribution in [3.8, 4) is 0 Å². The van der Waals surface area contributed by atoms with Crippen molar-refractivity contribution in [1.82, 2.24) is 15.0 Å². The number of benzene rings is 3. The number of fused-ring (bicyclic) bond motifs is 1. The number of carbonyl (C=O) groups is 1. The Kier molecular flexibility index (Phi) is 4.97. The highest BCUT2D eigenvalue weighted by Gasteiger charge is 2.13. The zero-order chi connectivity index (χ0) is 19.3. The summed E-state index contributed by atoms with van der Waals surface area (Å²) < 4.78 is 2.06. The Morgan fingerprint density at radius 3 is 2.18 bits per heavy atom. The molecule has 4 rings (SSSR count). The third-order valence-electron chi connectivity index (χ3n) is 4.64. The van der Waals surface area contributed by atoms with Crippen molar-refractivity contribution >= 4 is 22.7 Å². The molecular formula is C23H20N4O. The molecule has 0 aliphatic carbocycles. The van der Waals surface area contributed by atoms with Crippen LogP contribution in [0.5, 0.6) is 0 Å². The number of imidazole rings is 1. The minimum Gasteiger partial charge on any atom is -0.331 e. The van der Waals surface area contributed by atoms with Gasteiger partial charge in [0.15, 0.2) is 0 Å². The van der Waals surface area contributed by atoms with Crippen molar-refractivity contribution < 1.29 is 4.79 Å². The van der Waals surface area contributed by atoms with E-state index in [9.17, 15) is 4.79 Å². The minimum absolute atomic E-state index is 0.237. The van der Waals surface area contributed by atoms with Gasteiger partial charge in [-0.05, 0) is 29.8 Å². The Hall–Kier alpha value is -3.73. The predicted octanol–water partition coefficient (Wildman–Crippen LogP) is 3.95. The smallest absolute Gasteiger partial charge is 0.271 e. The van der Waals surface area contributed by atoms with E-state index in [4.69, 9.17) is 4.98 Å². The molecule has 1 amide bonds. The van der Waals surface area contributed by atoms with Gasteiger partial charge in [0.25, 0.3) is 5.91 Å². The average Bonchev–Trinajstić information content (AvgIpc) is 3.07. The molecule has 5 nitrogen and oxygen atoms in total. The van der Waals surface area contributed by atoms with Gasteiger partial charge < -0.3 is 4.57 Å². The molecule has 0 fully saturated rings. The van der Waals surface area contributed by atoms with E-state index in [1.807, 2.05) is 79.8 Å². The fourth-order valence-corrected chi connectivity index (χ4v) is 3.11. The van der Waals surface area contributed by atoms with Gasteiger partial charge in [0, 0.05) is 12.6 Å². The van der Waals surface area contributed by atoms with Crippen LogP contribution in [0.2, 0.25) is 0 Å². The molecule has 0 saturated heterocycles. The molecule has 1 heterocycles. The Balaban J connectivity index is 1.66. The van der Waals surface area contributed by atoms with E-state index in [1.54, 1.807) is 12.1 Å². The summed E-state index contributed by atoms with van der Waals surface area (Å²) in [6.45, 7) is 0. The molecule has 1 aromatic heterocycles. The highest BCUT2D eigenvalue weighted by molar-refractivity contribution is 6.03. The van der Waals surface area contributed by atoms with E-state index >= 15 is 0 Å². The van der Waals surface area contributed by atoms with Crippen LogP contribution in [0.3, 0.4) is 0 Å². The van der Waals surface area contributed by atoms with Crippen LogP contribution in [0.15, 0.2) is 90.0 Å². The zero-order valence-corrected chi connectivity index (χ0v) is 15.5. The zero-order valence-electron chi connectivity index (χ0n) is 15.5. The summed E-state index contributed by atoms with van der Waals surface area (Å²) in [5.74, 6) is 0.650. The van der Waals surface area contributed by atoms with Gasteiger partial charge >= 0.3 is 0 Å². The first-order chi connectivity index (χ1) is 13.7. The molecule has 1 N–H and O–H groups in total. The lowest BCUT2D eigenvalue weighted by molar-refractivity contribution is 0.0955. The summed E-state index contributed by atoms with van der Waals surface area (Å²) in [6, 6.07) is 26.9. The van der Waals surface area contributed by atoms with Gasteiger partial charge in [-0.1, -0.05) is 60.7 Å². The van der Waals surface area contributed by atoms with Crippen LogP contribution in [-0.2, 0) is 13.5 Å². The van der Waals surface area contributed by atoms with E-state index < -0.39 is 0 Å². The van der Waals surface area contributed by atoms with E-state index in [0.717, 1.165) is 28.1 Å². The molecule has 4 aromatic rings. The first kappa shape index (κ1) is 17.7. The van der Waals surface area contributed by atoms with Crippen LogP contribution in [-0.4, -0.2) is 21.2 Å². The minimum atomic E-state index is -0.237. The molecule has 0 radical (unpaired) electrons. The normalized spacial score (nSPS) is 11.5. The molecule has 0 atom stereocenters. The molecule has 0 bridgehead atoms. The Labute approximate surface area is 163 Å². The maximum atomic E-state index is 12.4. The highest BCUT2D eigenvalue weighted by Crippen LogP contribution is 2.16. The molecule has 5 heteroatoms. The number of carbonyl (C=O) groups excluding carboxylic acids is 1. The summed E-state index contributed by atoms with van der Waals surface area (Å²) in [5, 5.41) is 4.44. The van der Waals surface area contributed by atoms with E-state index in [1.165, 1.54) is 0 Å². The number of aryl methyl sites for hydroxylation is 1. The lowest BCUT2D eigenvalue weighted by atomic mass is 10.1. The summed E-state index contributed by atoms with van der Waals surface area (Å²) in [4.78, 5) is 17.1. The van der Waals surface area contributed by atoms with Crippen molar-refractivity contribution in [1.29, 1.82) is 0 Å². The standard InChI is InChI=1S/C23H20N4O/c1-27-21-15-9-8-14-19(21)24-22(27)16-20(17-10-4-2-5-11-17)25-26-23(28)18-12-6-3-7-13-18/h2-15H,16H2,1H3,(H,26,28)/b25-20+. The third kappa shape index (κ3) is 3.69. The number of nitrogens with zero attached hydrogens (tertiary/aromatic N) is 3.